The summed E-state index contributed by atoms with van der Waals surface area (Å²) >= 11 is 1.28. The fraction of sp³-hybridized carbons (Fsp3) is 0.462. The second-order valence-electron chi connectivity index (χ2n) is 11.1. The summed E-state index contributed by atoms with van der Waals surface area (Å²) in [5, 5.41) is 20.5. The summed E-state index contributed by atoms with van der Waals surface area (Å²) in [6.07, 6.45) is 3.16. The number of benzene rings is 2. The van der Waals surface area contributed by atoms with Gasteiger partial charge in [0.25, 0.3) is 0 Å². The Balaban J connectivity index is 1.26. The number of hydrogen-bond donors (Lipinski definition) is 2. The zero-order chi connectivity index (χ0) is 26.6. The molecule has 1 radical (unpaired) electrons. The van der Waals surface area contributed by atoms with Gasteiger partial charge in [0.1, 0.15) is 10.6 Å². The number of nitrogens with one attached hydrogen (secondary N) is 2. The van der Waals surface area contributed by atoms with Crippen molar-refractivity contribution < 1.29 is 22.6 Å². The Hall–Kier alpha value is -2.73. The minimum atomic E-state index is -4.05. The molecule has 5 rings (SSSR count). The number of fused-ring (bicyclic) bond motifs is 1. The molecule has 11 heteroatoms. The average molecular weight is 544 g/mol. The Bertz CT molecular complexity index is 1410. The van der Waals surface area contributed by atoms with Gasteiger partial charge in [-0.25, -0.2) is 4.98 Å². The van der Waals surface area contributed by atoms with Crippen molar-refractivity contribution in [3.63, 3.8) is 0 Å². The van der Waals surface area contributed by atoms with Crippen LogP contribution < -0.4 is 14.8 Å². The molecule has 9 nitrogen and oxygen atoms in total. The molecule has 0 unspecified atom stereocenters. The summed E-state index contributed by atoms with van der Waals surface area (Å²) in [4.78, 5) is 16.4. The second-order valence-corrected chi connectivity index (χ2v) is 13.7. The van der Waals surface area contributed by atoms with E-state index < -0.39 is 21.2 Å². The number of hydrogen-bond acceptors (Lipinski definition) is 8. The van der Waals surface area contributed by atoms with Crippen molar-refractivity contribution in [1.82, 2.24) is 10.0 Å². The van der Waals surface area contributed by atoms with Crippen LogP contribution in [0.3, 0.4) is 0 Å². The van der Waals surface area contributed by atoms with Gasteiger partial charge < -0.3 is 14.8 Å². The highest BCUT2D eigenvalue weighted by Crippen LogP contribution is 2.38. The van der Waals surface area contributed by atoms with Crippen molar-refractivity contribution in [2.24, 2.45) is 5.92 Å². The van der Waals surface area contributed by atoms with Crippen molar-refractivity contribution in [1.29, 1.82) is 0 Å². The van der Waals surface area contributed by atoms with Crippen LogP contribution in [-0.4, -0.2) is 41.5 Å². The molecule has 2 aromatic carbocycles. The summed E-state index contributed by atoms with van der Waals surface area (Å²) in [6, 6.07) is 11.3. The van der Waals surface area contributed by atoms with Crippen LogP contribution in [0, 0.1) is 5.92 Å². The van der Waals surface area contributed by atoms with E-state index in [9.17, 15) is 18.4 Å². The van der Waals surface area contributed by atoms with Gasteiger partial charge in [0.15, 0.2) is 5.13 Å². The zero-order valence-electron chi connectivity index (χ0n) is 21.3. The van der Waals surface area contributed by atoms with Crippen LogP contribution in [0.25, 0.3) is 10.2 Å². The van der Waals surface area contributed by atoms with Crippen LogP contribution in [0.1, 0.15) is 53.4 Å². The third-order valence-electron chi connectivity index (χ3n) is 6.85. The molecule has 1 aromatic heterocycles. The first kappa shape index (κ1) is 25.9. The molecule has 1 saturated heterocycles. The summed E-state index contributed by atoms with van der Waals surface area (Å²) in [6.45, 7) is 7.77. The third kappa shape index (κ3) is 5.59. The molecule has 2 heterocycles. The molecule has 1 aliphatic heterocycles. The number of nitrogens with zero attached hydrogens (tertiary/aromatic N) is 2. The first-order valence-corrected chi connectivity index (χ1v) is 14.5. The van der Waals surface area contributed by atoms with Crippen LogP contribution in [-0.2, 0) is 20.1 Å². The van der Waals surface area contributed by atoms with Crippen LogP contribution >= 0.6 is 11.3 Å². The van der Waals surface area contributed by atoms with Gasteiger partial charge in [-0.3, -0.25) is 4.79 Å². The van der Waals surface area contributed by atoms with Gasteiger partial charge >= 0.3 is 10.1 Å². The number of hydroxylamine groups is 2. The Morgan fingerprint density at radius 3 is 2.32 bits per heavy atom. The van der Waals surface area contributed by atoms with Crippen molar-refractivity contribution in [2.75, 3.05) is 10.6 Å². The maximum atomic E-state index is 12.9. The topological polar surface area (TPSA) is 121 Å². The quantitative estimate of drug-likeness (QED) is 0.393. The minimum absolute atomic E-state index is 0.0284. The van der Waals surface area contributed by atoms with Crippen molar-refractivity contribution in [3.8, 4) is 5.75 Å². The van der Waals surface area contributed by atoms with Crippen molar-refractivity contribution in [3.05, 3.63) is 42.5 Å². The minimum Gasteiger partial charge on any atom is -0.382 e. The fourth-order valence-electron chi connectivity index (χ4n) is 5.06. The highest BCUT2D eigenvalue weighted by molar-refractivity contribution is 7.87. The van der Waals surface area contributed by atoms with Gasteiger partial charge in [0.05, 0.1) is 10.2 Å². The lowest BCUT2D eigenvalue weighted by atomic mass is 9.79. The predicted octanol–water partition coefficient (Wildman–Crippen LogP) is 5.19. The van der Waals surface area contributed by atoms with Crippen molar-refractivity contribution in [2.45, 2.75) is 75.4 Å². The number of carbonyl (C=O) groups is 1. The first-order chi connectivity index (χ1) is 17.3. The highest BCUT2D eigenvalue weighted by Gasteiger charge is 2.46. The lowest BCUT2D eigenvalue weighted by molar-refractivity contribution is -0.288. The Morgan fingerprint density at radius 1 is 1.05 bits per heavy atom. The van der Waals surface area contributed by atoms with E-state index in [2.05, 4.69) is 15.6 Å². The standard InChI is InChI=1S/C26H31N4O5S2/c1-25(2)14-18(15-26(3,4)30(25)32)27-17-7-10-20(11-8-17)37(33,34)35-19-9-12-21-22(13-19)36-24(28-21)29-23(31)16-5-6-16/h7-13,16,18,27H,5-6,14-15H2,1-4H3,(H,28,29,31). The molecule has 2 fully saturated rings. The molecule has 2 N–H and O–H groups in total. The van der Waals surface area contributed by atoms with Crippen molar-refractivity contribution >= 4 is 48.4 Å². The van der Waals surface area contributed by atoms with E-state index in [0.29, 0.717) is 28.2 Å². The highest BCUT2D eigenvalue weighted by atomic mass is 32.2. The van der Waals surface area contributed by atoms with Gasteiger partial charge in [-0.15, -0.1) is 10.3 Å². The normalized spacial score (nSPS) is 20.0. The van der Waals surface area contributed by atoms with E-state index in [-0.39, 0.29) is 28.5 Å². The van der Waals surface area contributed by atoms with E-state index in [1.54, 1.807) is 30.3 Å². The Labute approximate surface area is 220 Å². The molecule has 0 atom stereocenters. The van der Waals surface area contributed by atoms with E-state index in [1.165, 1.54) is 28.5 Å². The Kier molecular flexibility index (Phi) is 6.46. The molecule has 3 aromatic rings. The first-order valence-electron chi connectivity index (χ1n) is 12.3. The smallest absolute Gasteiger partial charge is 0.339 e. The number of aromatic nitrogens is 1. The van der Waals surface area contributed by atoms with Gasteiger partial charge in [-0.2, -0.15) is 8.42 Å². The summed E-state index contributed by atoms with van der Waals surface area (Å²) in [7, 11) is -4.05. The molecule has 1 saturated carbocycles. The molecular weight excluding hydrogens is 512 g/mol. The molecule has 1 amide bonds. The Morgan fingerprint density at radius 2 is 1.70 bits per heavy atom. The average Bonchev–Trinajstić information content (AvgIpc) is 3.58. The zero-order valence-corrected chi connectivity index (χ0v) is 22.9. The molecule has 197 valence electrons. The lowest BCUT2D eigenvalue weighted by Crippen LogP contribution is -2.60. The second kappa shape index (κ2) is 9.23. The van der Waals surface area contributed by atoms with Gasteiger partial charge in [-0.1, -0.05) is 11.3 Å². The number of rotatable bonds is 7. The summed E-state index contributed by atoms with van der Waals surface area (Å²) in [5.41, 5.74) is 0.436. The number of thiazole rings is 1. The lowest BCUT2D eigenvalue weighted by Gasteiger charge is -2.50. The summed E-state index contributed by atoms with van der Waals surface area (Å²) < 4.78 is 32.0. The third-order valence-corrected chi connectivity index (χ3v) is 9.04. The molecule has 2 aliphatic rings. The molecule has 37 heavy (non-hydrogen) atoms. The summed E-state index contributed by atoms with van der Waals surface area (Å²) in [5.74, 6) is 0.216. The van der Waals surface area contributed by atoms with E-state index in [4.69, 9.17) is 4.18 Å². The van der Waals surface area contributed by atoms with Gasteiger partial charge in [0, 0.05) is 34.8 Å². The maximum absolute atomic E-state index is 12.9. The fourth-order valence-corrected chi connectivity index (χ4v) is 6.88. The SMILES string of the molecule is CC1(C)CC(Nc2ccc(S(=O)(=O)Oc3ccc4nc(NC(=O)C5CC5)sc4c3)cc2)CC(C)(C)N1[O]. The molecule has 0 bridgehead atoms. The monoisotopic (exact) mass is 543 g/mol. The predicted molar refractivity (Wildman–Crippen MR) is 143 cm³/mol. The number of amides is 1. The van der Waals surface area contributed by atoms with Crippen LogP contribution in [0.15, 0.2) is 47.4 Å². The van der Waals surface area contributed by atoms with Crippen LogP contribution in [0.5, 0.6) is 5.75 Å². The number of anilines is 2. The van der Waals surface area contributed by atoms with Crippen LogP contribution in [0.4, 0.5) is 10.8 Å². The number of carbonyl (C=O) groups excluding carboxylic acids is 1. The largest absolute Gasteiger partial charge is 0.382 e. The van der Waals surface area contributed by atoms with Gasteiger partial charge in [0.2, 0.25) is 5.91 Å². The molecule has 1 aliphatic carbocycles. The van der Waals surface area contributed by atoms with Gasteiger partial charge in [-0.05, 0) is 89.8 Å². The van der Waals surface area contributed by atoms with E-state index in [1.807, 2.05) is 27.7 Å². The van der Waals surface area contributed by atoms with E-state index in [0.717, 1.165) is 18.5 Å². The number of piperidine rings is 1. The maximum Gasteiger partial charge on any atom is 0.339 e. The van der Waals surface area contributed by atoms with E-state index >= 15 is 0 Å². The molecule has 0 spiro atoms. The van der Waals surface area contributed by atoms with Crippen LogP contribution in [0.2, 0.25) is 0 Å². The molecular formula is C26H31N4O5S2.